The Morgan fingerprint density at radius 1 is 1.15 bits per heavy atom. The SMILES string of the molecule is CC.O=Cc1cc(Br)co1.O=Cc1ccc(C(F)F)o1. The van der Waals surface area contributed by atoms with E-state index in [1.54, 1.807) is 6.07 Å². The number of furan rings is 2. The average Bonchev–Trinajstić information content (AvgIpc) is 3.10. The molecule has 0 atom stereocenters. The summed E-state index contributed by atoms with van der Waals surface area (Å²) in [6.45, 7) is 4.00. The molecule has 0 radical (unpaired) electrons. The van der Waals surface area contributed by atoms with E-state index >= 15 is 0 Å². The number of aldehydes is 2. The summed E-state index contributed by atoms with van der Waals surface area (Å²) in [5, 5.41) is 0. The summed E-state index contributed by atoms with van der Waals surface area (Å²) in [5.74, 6) is -0.200. The van der Waals surface area contributed by atoms with Crippen LogP contribution in [0.2, 0.25) is 0 Å². The quantitative estimate of drug-likeness (QED) is 0.737. The van der Waals surface area contributed by atoms with E-state index in [2.05, 4.69) is 20.3 Å². The van der Waals surface area contributed by atoms with Gasteiger partial charge in [-0.1, -0.05) is 13.8 Å². The van der Waals surface area contributed by atoms with Crippen molar-refractivity contribution in [3.05, 3.63) is 46.2 Å². The van der Waals surface area contributed by atoms with E-state index in [0.29, 0.717) is 18.3 Å². The Bertz CT molecular complexity index is 520. The fourth-order valence-electron chi connectivity index (χ4n) is 0.939. The highest BCUT2D eigenvalue weighted by Crippen LogP contribution is 2.19. The highest BCUT2D eigenvalue weighted by atomic mass is 79.9. The van der Waals surface area contributed by atoms with Gasteiger partial charge in [-0.2, -0.15) is 0 Å². The second-order valence-electron chi connectivity index (χ2n) is 2.94. The van der Waals surface area contributed by atoms with Crippen molar-refractivity contribution >= 4 is 28.5 Å². The predicted molar refractivity (Wildman–Crippen MR) is 72.2 cm³/mol. The van der Waals surface area contributed by atoms with Gasteiger partial charge in [-0.25, -0.2) is 8.78 Å². The molecule has 4 nitrogen and oxygen atoms in total. The molecule has 0 saturated carbocycles. The summed E-state index contributed by atoms with van der Waals surface area (Å²) in [5.41, 5.74) is 0. The molecule has 2 rings (SSSR count). The lowest BCUT2D eigenvalue weighted by Gasteiger charge is -1.88. The van der Waals surface area contributed by atoms with Crippen LogP contribution in [-0.2, 0) is 0 Å². The van der Waals surface area contributed by atoms with Gasteiger partial charge < -0.3 is 8.83 Å². The highest BCUT2D eigenvalue weighted by molar-refractivity contribution is 9.10. The van der Waals surface area contributed by atoms with Crippen molar-refractivity contribution < 1.29 is 27.2 Å². The van der Waals surface area contributed by atoms with Crippen molar-refractivity contribution in [3.8, 4) is 0 Å². The van der Waals surface area contributed by atoms with Gasteiger partial charge in [0.25, 0.3) is 6.43 Å². The zero-order chi connectivity index (χ0) is 15.5. The summed E-state index contributed by atoms with van der Waals surface area (Å²) in [6, 6.07) is 3.88. The van der Waals surface area contributed by atoms with Crippen LogP contribution in [0.5, 0.6) is 0 Å². The normalized spacial score (nSPS) is 9.10. The maximum absolute atomic E-state index is 11.7. The maximum Gasteiger partial charge on any atom is 0.295 e. The second kappa shape index (κ2) is 10.1. The number of hydrogen-bond acceptors (Lipinski definition) is 4. The van der Waals surface area contributed by atoms with E-state index in [4.69, 9.17) is 4.42 Å². The van der Waals surface area contributed by atoms with Gasteiger partial charge >= 0.3 is 0 Å². The van der Waals surface area contributed by atoms with Gasteiger partial charge in [0, 0.05) is 6.07 Å². The smallest absolute Gasteiger partial charge is 0.295 e. The molecule has 0 fully saturated rings. The molecular weight excluding hydrogens is 338 g/mol. The molecule has 0 aliphatic heterocycles. The number of carbonyl (C=O) groups is 2. The summed E-state index contributed by atoms with van der Waals surface area (Å²) >= 11 is 3.12. The van der Waals surface area contributed by atoms with Gasteiger partial charge in [-0.15, -0.1) is 0 Å². The molecule has 0 aliphatic carbocycles. The fourth-order valence-corrected chi connectivity index (χ4v) is 1.26. The third kappa shape index (κ3) is 6.42. The molecule has 0 spiro atoms. The third-order valence-electron chi connectivity index (χ3n) is 1.68. The Kier molecular flexibility index (Phi) is 9.19. The topological polar surface area (TPSA) is 60.4 Å². The van der Waals surface area contributed by atoms with Crippen LogP contribution in [0.4, 0.5) is 8.78 Å². The molecule has 0 unspecified atom stereocenters. The van der Waals surface area contributed by atoms with Crippen LogP contribution in [0.15, 0.2) is 37.8 Å². The van der Waals surface area contributed by atoms with Gasteiger partial charge in [0.05, 0.1) is 4.47 Å². The molecule has 0 aromatic carbocycles. The third-order valence-corrected chi connectivity index (χ3v) is 2.10. The monoisotopic (exact) mass is 350 g/mol. The van der Waals surface area contributed by atoms with Crippen LogP contribution in [-0.4, -0.2) is 12.6 Å². The Labute approximate surface area is 122 Å². The molecule has 0 aliphatic rings. The first-order chi connectivity index (χ1) is 9.56. The molecule has 0 N–H and O–H groups in total. The number of halogens is 3. The van der Waals surface area contributed by atoms with Crippen LogP contribution >= 0.6 is 15.9 Å². The van der Waals surface area contributed by atoms with Crippen molar-refractivity contribution in [3.63, 3.8) is 0 Å². The molecule has 2 aromatic rings. The van der Waals surface area contributed by atoms with Crippen molar-refractivity contribution in [1.82, 2.24) is 0 Å². The molecule has 7 heteroatoms. The van der Waals surface area contributed by atoms with E-state index in [1.165, 1.54) is 12.3 Å². The van der Waals surface area contributed by atoms with Crippen LogP contribution in [0.1, 0.15) is 47.1 Å². The Morgan fingerprint density at radius 3 is 2.00 bits per heavy atom. The van der Waals surface area contributed by atoms with Crippen LogP contribution in [0.3, 0.4) is 0 Å². The van der Waals surface area contributed by atoms with Crippen LogP contribution < -0.4 is 0 Å². The van der Waals surface area contributed by atoms with Gasteiger partial charge in [0.2, 0.25) is 0 Å². The first-order valence-electron chi connectivity index (χ1n) is 5.59. The number of rotatable bonds is 3. The Morgan fingerprint density at radius 2 is 1.75 bits per heavy atom. The minimum absolute atomic E-state index is 0.0738. The van der Waals surface area contributed by atoms with Crippen LogP contribution in [0.25, 0.3) is 0 Å². The molecule has 0 saturated heterocycles. The van der Waals surface area contributed by atoms with Crippen molar-refractivity contribution in [1.29, 1.82) is 0 Å². The fraction of sp³-hybridized carbons (Fsp3) is 0.231. The van der Waals surface area contributed by atoms with Gasteiger partial charge in [-0.05, 0) is 28.1 Å². The minimum Gasteiger partial charge on any atom is -0.460 e. The first kappa shape index (κ1) is 18.2. The largest absolute Gasteiger partial charge is 0.460 e. The van der Waals surface area contributed by atoms with Gasteiger partial charge in [0.15, 0.2) is 29.9 Å². The number of hydrogen-bond donors (Lipinski definition) is 0. The standard InChI is InChI=1S/C6H4F2O2.C5H3BrO2.C2H6/c7-6(8)5-2-1-4(3-9)10-5;6-4-1-5(2-7)8-3-4;1-2/h1-3,6H;1-3H;1-2H3. The molecule has 2 heterocycles. The van der Waals surface area contributed by atoms with Gasteiger partial charge in [0.1, 0.15) is 6.26 Å². The van der Waals surface area contributed by atoms with E-state index in [1.807, 2.05) is 13.8 Å². The lowest BCUT2D eigenvalue weighted by molar-refractivity contribution is 0.105. The predicted octanol–water partition coefficient (Wildman–Crippen LogP) is 4.91. The summed E-state index contributed by atoms with van der Waals surface area (Å²) in [6.07, 6.45) is -0.144. The molecule has 0 bridgehead atoms. The Hall–Kier alpha value is -1.76. The zero-order valence-corrected chi connectivity index (χ0v) is 12.4. The molecule has 2 aromatic heterocycles. The molecular formula is C13H13BrF2O4. The van der Waals surface area contributed by atoms with Crippen molar-refractivity contribution in [2.45, 2.75) is 20.3 Å². The maximum atomic E-state index is 11.7. The summed E-state index contributed by atoms with van der Waals surface area (Å²) in [4.78, 5) is 19.8. The summed E-state index contributed by atoms with van der Waals surface area (Å²) < 4.78 is 33.3. The first-order valence-corrected chi connectivity index (χ1v) is 6.38. The lowest BCUT2D eigenvalue weighted by Crippen LogP contribution is -1.76. The molecule has 0 amide bonds. The number of carbonyl (C=O) groups excluding carboxylic acids is 2. The average molecular weight is 351 g/mol. The van der Waals surface area contributed by atoms with Gasteiger partial charge in [-0.3, -0.25) is 9.59 Å². The van der Waals surface area contributed by atoms with E-state index in [9.17, 15) is 18.4 Å². The van der Waals surface area contributed by atoms with E-state index in [0.717, 1.165) is 10.5 Å². The summed E-state index contributed by atoms with van der Waals surface area (Å²) in [7, 11) is 0. The highest BCUT2D eigenvalue weighted by Gasteiger charge is 2.11. The molecule has 110 valence electrons. The van der Waals surface area contributed by atoms with Crippen LogP contribution in [0, 0.1) is 0 Å². The van der Waals surface area contributed by atoms with Crippen molar-refractivity contribution in [2.24, 2.45) is 0 Å². The van der Waals surface area contributed by atoms with E-state index < -0.39 is 12.2 Å². The van der Waals surface area contributed by atoms with E-state index in [-0.39, 0.29) is 5.76 Å². The lowest BCUT2D eigenvalue weighted by atomic mass is 10.4. The molecule has 20 heavy (non-hydrogen) atoms. The zero-order valence-electron chi connectivity index (χ0n) is 10.8. The number of alkyl halides is 2. The second-order valence-corrected chi connectivity index (χ2v) is 3.86. The Balaban J connectivity index is 0.000000327. The minimum atomic E-state index is -2.64. The van der Waals surface area contributed by atoms with Crippen molar-refractivity contribution in [2.75, 3.05) is 0 Å².